The Balaban J connectivity index is 1.68. The predicted octanol–water partition coefficient (Wildman–Crippen LogP) is 4.22. The highest BCUT2D eigenvalue weighted by Crippen LogP contribution is 2.29. The molecule has 3 aromatic rings. The van der Waals surface area contributed by atoms with Gasteiger partial charge in [0.2, 0.25) is 0 Å². The van der Waals surface area contributed by atoms with Gasteiger partial charge in [-0.3, -0.25) is 9.52 Å². The number of nitrogens with one attached hydrogen (secondary N) is 2. The van der Waals surface area contributed by atoms with Crippen molar-refractivity contribution < 1.29 is 27.4 Å². The van der Waals surface area contributed by atoms with Crippen molar-refractivity contribution in [1.29, 1.82) is 0 Å². The number of sulfonamides is 1. The molecule has 0 aromatic heterocycles. The van der Waals surface area contributed by atoms with E-state index in [0.717, 1.165) is 5.56 Å². The highest BCUT2D eigenvalue weighted by molar-refractivity contribution is 7.92. The van der Waals surface area contributed by atoms with Gasteiger partial charge in [0.1, 0.15) is 5.75 Å². The number of ether oxygens (including phenoxy) is 3. The molecule has 1 atom stereocenters. The van der Waals surface area contributed by atoms with Crippen LogP contribution in [-0.4, -0.2) is 34.6 Å². The molecular formula is C24H26N2O6S. The van der Waals surface area contributed by atoms with E-state index in [4.69, 9.17) is 14.2 Å². The van der Waals surface area contributed by atoms with Crippen molar-refractivity contribution in [2.75, 3.05) is 24.3 Å². The topological polar surface area (TPSA) is 103 Å². The monoisotopic (exact) mass is 470 g/mol. The van der Waals surface area contributed by atoms with Crippen LogP contribution in [0, 0.1) is 6.92 Å². The first-order valence-corrected chi connectivity index (χ1v) is 11.6. The zero-order valence-electron chi connectivity index (χ0n) is 18.8. The maximum atomic E-state index is 12.8. The van der Waals surface area contributed by atoms with E-state index >= 15 is 0 Å². The molecule has 0 aliphatic heterocycles. The first kappa shape index (κ1) is 23.9. The van der Waals surface area contributed by atoms with E-state index in [-0.39, 0.29) is 10.8 Å². The second-order valence-corrected chi connectivity index (χ2v) is 8.92. The highest BCUT2D eigenvalue weighted by Gasteiger charge is 2.19. The number of rotatable bonds is 9. The number of benzene rings is 3. The van der Waals surface area contributed by atoms with Crippen LogP contribution in [0.25, 0.3) is 0 Å². The Morgan fingerprint density at radius 3 is 2.15 bits per heavy atom. The van der Waals surface area contributed by atoms with Crippen LogP contribution in [0.3, 0.4) is 0 Å². The van der Waals surface area contributed by atoms with Crippen LogP contribution < -0.4 is 24.2 Å². The summed E-state index contributed by atoms with van der Waals surface area (Å²) in [6.45, 7) is 3.47. The first-order chi connectivity index (χ1) is 15.7. The molecule has 3 rings (SSSR count). The van der Waals surface area contributed by atoms with Gasteiger partial charge in [-0.25, -0.2) is 8.42 Å². The minimum Gasteiger partial charge on any atom is -0.495 e. The predicted molar refractivity (Wildman–Crippen MR) is 127 cm³/mol. The fourth-order valence-electron chi connectivity index (χ4n) is 3.03. The van der Waals surface area contributed by atoms with Crippen molar-refractivity contribution in [2.45, 2.75) is 24.8 Å². The maximum Gasteiger partial charge on any atom is 0.265 e. The normalized spacial score (nSPS) is 11.9. The summed E-state index contributed by atoms with van der Waals surface area (Å²) >= 11 is 0. The number of hydrogen-bond acceptors (Lipinski definition) is 6. The first-order valence-electron chi connectivity index (χ1n) is 10.1. The number of para-hydroxylation sites is 2. The third-order valence-electron chi connectivity index (χ3n) is 4.77. The Morgan fingerprint density at radius 2 is 1.52 bits per heavy atom. The van der Waals surface area contributed by atoms with Crippen molar-refractivity contribution in [3.05, 3.63) is 72.3 Å². The molecular weight excluding hydrogens is 444 g/mol. The van der Waals surface area contributed by atoms with E-state index in [1.54, 1.807) is 43.3 Å². The molecule has 0 saturated carbocycles. The number of amides is 1. The van der Waals surface area contributed by atoms with E-state index < -0.39 is 16.1 Å². The number of aryl methyl sites for hydroxylation is 1. The molecule has 0 aliphatic carbocycles. The van der Waals surface area contributed by atoms with Crippen LogP contribution in [0.4, 0.5) is 11.4 Å². The Morgan fingerprint density at radius 1 is 0.879 bits per heavy atom. The molecule has 0 radical (unpaired) electrons. The van der Waals surface area contributed by atoms with Crippen molar-refractivity contribution in [2.24, 2.45) is 0 Å². The van der Waals surface area contributed by atoms with Crippen LogP contribution in [0.2, 0.25) is 0 Å². The standard InChI is InChI=1S/C24H26N2O6S/c1-16-9-14-21(30-3)20(15-16)26-33(28,29)19-12-10-18(11-13-19)25-24(27)17(2)32-23-8-6-5-7-22(23)31-4/h5-15,17,26H,1-4H3,(H,25,27)/t17-/m0/s1. The van der Waals surface area contributed by atoms with Crippen molar-refractivity contribution in [3.63, 3.8) is 0 Å². The van der Waals surface area contributed by atoms with Crippen LogP contribution in [0.15, 0.2) is 71.6 Å². The van der Waals surface area contributed by atoms with Crippen LogP contribution in [0.1, 0.15) is 12.5 Å². The summed E-state index contributed by atoms with van der Waals surface area (Å²) in [6.07, 6.45) is -0.805. The quantitative estimate of drug-likeness (QED) is 0.485. The Hall–Kier alpha value is -3.72. The van der Waals surface area contributed by atoms with Crippen molar-refractivity contribution >= 4 is 27.3 Å². The lowest BCUT2D eigenvalue weighted by Gasteiger charge is -2.17. The summed E-state index contributed by atoms with van der Waals surface area (Å²) in [4.78, 5) is 12.6. The van der Waals surface area contributed by atoms with Gasteiger partial charge in [-0.15, -0.1) is 0 Å². The molecule has 8 nitrogen and oxygen atoms in total. The van der Waals surface area contributed by atoms with Crippen LogP contribution in [0.5, 0.6) is 17.2 Å². The molecule has 2 N–H and O–H groups in total. The zero-order valence-corrected chi connectivity index (χ0v) is 19.6. The second kappa shape index (κ2) is 10.3. The Kier molecular flexibility index (Phi) is 7.44. The molecule has 3 aromatic carbocycles. The molecule has 0 unspecified atom stereocenters. The van der Waals surface area contributed by atoms with Gasteiger partial charge < -0.3 is 19.5 Å². The van der Waals surface area contributed by atoms with Gasteiger partial charge in [-0.05, 0) is 67.9 Å². The lowest BCUT2D eigenvalue weighted by molar-refractivity contribution is -0.122. The largest absolute Gasteiger partial charge is 0.495 e. The Labute approximate surface area is 193 Å². The third kappa shape index (κ3) is 5.95. The smallest absolute Gasteiger partial charge is 0.265 e. The lowest BCUT2D eigenvalue weighted by atomic mass is 10.2. The molecule has 1 amide bonds. The fraction of sp³-hybridized carbons (Fsp3) is 0.208. The van der Waals surface area contributed by atoms with Gasteiger partial charge in [0.25, 0.3) is 15.9 Å². The molecule has 174 valence electrons. The fourth-order valence-corrected chi connectivity index (χ4v) is 4.09. The summed E-state index contributed by atoms with van der Waals surface area (Å²) in [6, 6.07) is 18.1. The summed E-state index contributed by atoms with van der Waals surface area (Å²) in [5.41, 5.74) is 1.66. The van der Waals surface area contributed by atoms with Gasteiger partial charge in [-0.2, -0.15) is 0 Å². The minimum absolute atomic E-state index is 0.0439. The second-order valence-electron chi connectivity index (χ2n) is 7.23. The average molecular weight is 471 g/mol. The van der Waals surface area contributed by atoms with Gasteiger partial charge in [-0.1, -0.05) is 18.2 Å². The molecule has 0 heterocycles. The Bertz CT molecular complexity index is 1230. The van der Waals surface area contributed by atoms with Crippen molar-refractivity contribution in [3.8, 4) is 17.2 Å². The highest BCUT2D eigenvalue weighted by atomic mass is 32.2. The summed E-state index contributed by atoms with van der Waals surface area (Å²) < 4.78 is 44.3. The van der Waals surface area contributed by atoms with Gasteiger partial charge in [0.05, 0.1) is 24.8 Å². The van der Waals surface area contributed by atoms with E-state index in [9.17, 15) is 13.2 Å². The SMILES string of the molecule is COc1ccc(C)cc1NS(=O)(=O)c1ccc(NC(=O)[C@H](C)Oc2ccccc2OC)cc1. The van der Waals surface area contributed by atoms with Crippen LogP contribution in [-0.2, 0) is 14.8 Å². The number of hydrogen-bond donors (Lipinski definition) is 2. The number of carbonyl (C=O) groups is 1. The van der Waals surface area contributed by atoms with E-state index in [1.807, 2.05) is 13.0 Å². The van der Waals surface area contributed by atoms with Gasteiger partial charge in [0.15, 0.2) is 17.6 Å². The van der Waals surface area contributed by atoms with Crippen LogP contribution >= 0.6 is 0 Å². The van der Waals surface area contributed by atoms with E-state index in [2.05, 4.69) is 10.0 Å². The minimum atomic E-state index is -3.85. The number of methoxy groups -OCH3 is 2. The molecule has 0 aliphatic rings. The summed E-state index contributed by atoms with van der Waals surface area (Å²) in [5.74, 6) is 0.988. The molecule has 0 spiro atoms. The van der Waals surface area contributed by atoms with Gasteiger partial charge in [0, 0.05) is 5.69 Å². The summed E-state index contributed by atoms with van der Waals surface area (Å²) in [5, 5.41) is 2.71. The number of carbonyl (C=O) groups excluding carboxylic acids is 1. The summed E-state index contributed by atoms with van der Waals surface area (Å²) in [7, 11) is -0.863. The molecule has 33 heavy (non-hydrogen) atoms. The van der Waals surface area contributed by atoms with Gasteiger partial charge >= 0.3 is 0 Å². The molecule has 0 saturated heterocycles. The zero-order chi connectivity index (χ0) is 24.0. The van der Waals surface area contributed by atoms with E-state index in [0.29, 0.717) is 28.6 Å². The molecule has 0 bridgehead atoms. The van der Waals surface area contributed by atoms with E-state index in [1.165, 1.54) is 38.5 Å². The van der Waals surface area contributed by atoms with Crippen molar-refractivity contribution in [1.82, 2.24) is 0 Å². The molecule has 9 heteroatoms. The maximum absolute atomic E-state index is 12.8. The third-order valence-corrected chi connectivity index (χ3v) is 6.15. The number of anilines is 2. The lowest BCUT2D eigenvalue weighted by Crippen LogP contribution is -2.30. The molecule has 0 fully saturated rings. The average Bonchev–Trinajstić information content (AvgIpc) is 2.79.